The van der Waals surface area contributed by atoms with Crippen LogP contribution in [0.25, 0.3) is 0 Å². The van der Waals surface area contributed by atoms with Crippen LogP contribution in [-0.4, -0.2) is 45.9 Å². The van der Waals surface area contributed by atoms with E-state index >= 15 is 0 Å². The molecule has 1 rings (SSSR count). The molecular formula is C11H15N3O4S. The molecule has 1 aromatic heterocycles. The summed E-state index contributed by atoms with van der Waals surface area (Å²) in [4.78, 5) is 38.8. The number of carboxylic acid groups (broad SMARTS) is 1. The van der Waals surface area contributed by atoms with Crippen molar-refractivity contribution >= 4 is 34.3 Å². The van der Waals surface area contributed by atoms with Crippen LogP contribution in [0, 0.1) is 0 Å². The normalized spacial score (nSPS) is 10.0. The van der Waals surface area contributed by atoms with Gasteiger partial charge in [-0.25, -0.2) is 4.98 Å². The highest BCUT2D eigenvalue weighted by Gasteiger charge is 2.18. The maximum Gasteiger partial charge on any atom is 0.305 e. The molecule has 0 aliphatic rings. The van der Waals surface area contributed by atoms with Gasteiger partial charge in [-0.15, -0.1) is 11.3 Å². The molecule has 8 heteroatoms. The molecule has 7 nitrogen and oxygen atoms in total. The Bertz CT molecular complexity index is 486. The van der Waals surface area contributed by atoms with Gasteiger partial charge in [0.1, 0.15) is 5.69 Å². The third kappa shape index (κ3) is 4.66. The monoisotopic (exact) mass is 285 g/mol. The van der Waals surface area contributed by atoms with Crippen LogP contribution in [0.1, 0.15) is 30.8 Å². The molecule has 0 radical (unpaired) electrons. The number of nitrogens with zero attached hydrogens (tertiary/aromatic N) is 2. The number of carbonyl (C=O) groups is 3. The van der Waals surface area contributed by atoms with Gasteiger partial charge in [0.25, 0.3) is 5.91 Å². The van der Waals surface area contributed by atoms with E-state index in [9.17, 15) is 14.4 Å². The second-order valence-electron chi connectivity index (χ2n) is 3.75. The van der Waals surface area contributed by atoms with Gasteiger partial charge in [-0.3, -0.25) is 14.4 Å². The molecule has 0 aromatic carbocycles. The predicted octanol–water partition coefficient (Wildman–Crippen LogP) is 1.04. The fraction of sp³-hybridized carbons (Fsp3) is 0.455. The van der Waals surface area contributed by atoms with Gasteiger partial charge >= 0.3 is 5.97 Å². The summed E-state index contributed by atoms with van der Waals surface area (Å²) in [7, 11) is 0. The molecule has 0 spiro atoms. The number of aliphatic carboxylic acids is 1. The van der Waals surface area contributed by atoms with Gasteiger partial charge in [0.2, 0.25) is 5.91 Å². The zero-order chi connectivity index (χ0) is 14.4. The number of thiazole rings is 1. The van der Waals surface area contributed by atoms with Gasteiger partial charge in [0.05, 0.1) is 6.42 Å². The fourth-order valence-electron chi connectivity index (χ4n) is 1.38. The van der Waals surface area contributed by atoms with E-state index in [0.717, 1.165) is 11.3 Å². The van der Waals surface area contributed by atoms with Crippen LogP contribution in [0.2, 0.25) is 0 Å². The molecule has 1 heterocycles. The number of anilines is 1. The number of aromatic nitrogens is 1. The van der Waals surface area contributed by atoms with E-state index in [-0.39, 0.29) is 30.5 Å². The molecule has 1 aromatic rings. The number of carboxylic acids is 1. The SMILES string of the molecule is CCN(CCC(=O)O)C(=O)c1csc(NC(C)=O)n1. The number of nitrogens with one attached hydrogen (secondary N) is 1. The van der Waals surface area contributed by atoms with Crippen molar-refractivity contribution in [2.75, 3.05) is 18.4 Å². The van der Waals surface area contributed by atoms with Gasteiger partial charge in [-0.05, 0) is 6.92 Å². The minimum atomic E-state index is -0.955. The quantitative estimate of drug-likeness (QED) is 0.813. The summed E-state index contributed by atoms with van der Waals surface area (Å²) in [5.41, 5.74) is 0.209. The number of hydrogen-bond donors (Lipinski definition) is 2. The number of hydrogen-bond acceptors (Lipinski definition) is 5. The lowest BCUT2D eigenvalue weighted by atomic mass is 10.3. The number of carbonyl (C=O) groups excluding carboxylic acids is 2. The van der Waals surface area contributed by atoms with Gasteiger partial charge in [0.15, 0.2) is 5.13 Å². The van der Waals surface area contributed by atoms with Crippen LogP contribution in [0.15, 0.2) is 5.38 Å². The molecule has 0 atom stereocenters. The Balaban J connectivity index is 2.71. The van der Waals surface area contributed by atoms with Gasteiger partial charge < -0.3 is 15.3 Å². The lowest BCUT2D eigenvalue weighted by molar-refractivity contribution is -0.137. The largest absolute Gasteiger partial charge is 0.481 e. The molecule has 19 heavy (non-hydrogen) atoms. The third-order valence-electron chi connectivity index (χ3n) is 2.27. The van der Waals surface area contributed by atoms with Crippen molar-refractivity contribution in [2.45, 2.75) is 20.3 Å². The summed E-state index contributed by atoms with van der Waals surface area (Å²) in [6.45, 7) is 3.66. The Labute approximate surface area is 114 Å². The molecule has 104 valence electrons. The summed E-state index contributed by atoms with van der Waals surface area (Å²) < 4.78 is 0. The smallest absolute Gasteiger partial charge is 0.305 e. The summed E-state index contributed by atoms with van der Waals surface area (Å²) >= 11 is 1.15. The predicted molar refractivity (Wildman–Crippen MR) is 70.2 cm³/mol. The molecule has 0 unspecified atom stereocenters. The van der Waals surface area contributed by atoms with Crippen molar-refractivity contribution < 1.29 is 19.5 Å². The van der Waals surface area contributed by atoms with E-state index in [4.69, 9.17) is 5.11 Å². The van der Waals surface area contributed by atoms with Crippen LogP contribution in [0.3, 0.4) is 0 Å². The molecular weight excluding hydrogens is 270 g/mol. The summed E-state index contributed by atoms with van der Waals surface area (Å²) in [5, 5.41) is 13.0. The highest BCUT2D eigenvalue weighted by Crippen LogP contribution is 2.16. The lowest BCUT2D eigenvalue weighted by Crippen LogP contribution is -2.33. The van der Waals surface area contributed by atoms with E-state index in [0.29, 0.717) is 11.7 Å². The van der Waals surface area contributed by atoms with Crippen molar-refractivity contribution in [1.82, 2.24) is 9.88 Å². The Morgan fingerprint density at radius 1 is 1.47 bits per heavy atom. The van der Waals surface area contributed by atoms with E-state index in [1.807, 2.05) is 0 Å². The van der Waals surface area contributed by atoms with Crippen molar-refractivity contribution in [1.29, 1.82) is 0 Å². The summed E-state index contributed by atoms with van der Waals surface area (Å²) in [6, 6.07) is 0. The van der Waals surface area contributed by atoms with Crippen molar-refractivity contribution in [2.24, 2.45) is 0 Å². The Morgan fingerprint density at radius 3 is 2.68 bits per heavy atom. The van der Waals surface area contributed by atoms with Gasteiger partial charge in [-0.2, -0.15) is 0 Å². The molecule has 0 fully saturated rings. The highest BCUT2D eigenvalue weighted by atomic mass is 32.1. The molecule has 0 aliphatic heterocycles. The molecule has 0 saturated carbocycles. The Kier molecular flexibility index (Phi) is 5.43. The van der Waals surface area contributed by atoms with Crippen molar-refractivity contribution in [3.05, 3.63) is 11.1 Å². The molecule has 2 N–H and O–H groups in total. The maximum atomic E-state index is 12.1. The average Bonchev–Trinajstić information content (AvgIpc) is 2.76. The van der Waals surface area contributed by atoms with E-state index < -0.39 is 5.97 Å². The zero-order valence-electron chi connectivity index (χ0n) is 10.7. The van der Waals surface area contributed by atoms with E-state index in [2.05, 4.69) is 10.3 Å². The van der Waals surface area contributed by atoms with Gasteiger partial charge in [0, 0.05) is 25.4 Å². The van der Waals surface area contributed by atoms with Crippen LogP contribution in [0.5, 0.6) is 0 Å². The Hall–Kier alpha value is -1.96. The average molecular weight is 285 g/mol. The lowest BCUT2D eigenvalue weighted by Gasteiger charge is -2.18. The topological polar surface area (TPSA) is 99.6 Å². The highest BCUT2D eigenvalue weighted by molar-refractivity contribution is 7.14. The molecule has 0 bridgehead atoms. The second-order valence-corrected chi connectivity index (χ2v) is 4.61. The standard InChI is InChI=1S/C11H15N3O4S/c1-3-14(5-4-9(16)17)10(18)8-6-19-11(13-8)12-7(2)15/h6H,3-5H2,1-2H3,(H,16,17)(H,12,13,15). The molecule has 2 amide bonds. The zero-order valence-corrected chi connectivity index (χ0v) is 11.5. The third-order valence-corrected chi connectivity index (χ3v) is 3.03. The molecule has 0 aliphatic carbocycles. The van der Waals surface area contributed by atoms with Crippen LogP contribution in [-0.2, 0) is 9.59 Å². The van der Waals surface area contributed by atoms with Crippen molar-refractivity contribution in [3.8, 4) is 0 Å². The maximum absolute atomic E-state index is 12.1. The van der Waals surface area contributed by atoms with Crippen LogP contribution in [0.4, 0.5) is 5.13 Å². The Morgan fingerprint density at radius 2 is 2.16 bits per heavy atom. The van der Waals surface area contributed by atoms with E-state index in [1.165, 1.54) is 17.2 Å². The molecule has 0 saturated heterocycles. The van der Waals surface area contributed by atoms with E-state index in [1.54, 1.807) is 6.92 Å². The van der Waals surface area contributed by atoms with Gasteiger partial charge in [-0.1, -0.05) is 0 Å². The minimum absolute atomic E-state index is 0.109. The van der Waals surface area contributed by atoms with Crippen LogP contribution >= 0.6 is 11.3 Å². The number of amides is 2. The summed E-state index contributed by atoms with van der Waals surface area (Å²) in [6.07, 6.45) is -0.109. The number of rotatable bonds is 6. The first-order valence-corrected chi connectivity index (χ1v) is 6.56. The second kappa shape index (κ2) is 6.83. The van der Waals surface area contributed by atoms with Crippen molar-refractivity contribution in [3.63, 3.8) is 0 Å². The minimum Gasteiger partial charge on any atom is -0.481 e. The fourth-order valence-corrected chi connectivity index (χ4v) is 2.11. The first-order valence-electron chi connectivity index (χ1n) is 5.68. The van der Waals surface area contributed by atoms with Crippen LogP contribution < -0.4 is 5.32 Å². The summed E-state index contributed by atoms with van der Waals surface area (Å²) in [5.74, 6) is -1.55. The first kappa shape index (κ1) is 15.1. The first-order chi connectivity index (χ1) is 8.93.